The van der Waals surface area contributed by atoms with Crippen molar-refractivity contribution in [3.05, 3.63) is 23.9 Å². The van der Waals surface area contributed by atoms with Gasteiger partial charge in [-0.2, -0.15) is 0 Å². The molecule has 1 atom stereocenters. The number of ether oxygens (including phenoxy) is 1. The van der Waals surface area contributed by atoms with Gasteiger partial charge in [0, 0.05) is 28.2 Å². The van der Waals surface area contributed by atoms with Crippen LogP contribution in [-0.2, 0) is 21.2 Å². The van der Waals surface area contributed by atoms with Crippen LogP contribution in [0.2, 0.25) is 0 Å². The lowest BCUT2D eigenvalue weighted by molar-refractivity contribution is -0.122. The first-order chi connectivity index (χ1) is 15.2. The van der Waals surface area contributed by atoms with Crippen molar-refractivity contribution in [2.24, 2.45) is 0 Å². The Hall–Kier alpha value is -2.20. The molecule has 9 nitrogen and oxygen atoms in total. The Morgan fingerprint density at radius 2 is 1.81 bits per heavy atom. The molecule has 0 unspecified atom stereocenters. The van der Waals surface area contributed by atoms with E-state index in [0.717, 1.165) is 18.4 Å². The number of aryl methyl sites for hydroxylation is 1. The van der Waals surface area contributed by atoms with Gasteiger partial charge >= 0.3 is 6.03 Å². The fourth-order valence-electron chi connectivity index (χ4n) is 3.45. The molecule has 0 bridgehead atoms. The third-order valence-electron chi connectivity index (χ3n) is 5.01. The van der Waals surface area contributed by atoms with Crippen molar-refractivity contribution < 1.29 is 25.6 Å². The van der Waals surface area contributed by atoms with E-state index in [1.165, 1.54) is 11.2 Å². The summed E-state index contributed by atoms with van der Waals surface area (Å²) in [5.41, 5.74) is -0.291. The molecule has 2 fully saturated rings. The number of hydrogen-bond acceptors (Lipinski definition) is 6. The van der Waals surface area contributed by atoms with Crippen molar-refractivity contribution in [2.45, 2.75) is 78.9 Å². The van der Waals surface area contributed by atoms with E-state index in [1.807, 2.05) is 39.8 Å². The van der Waals surface area contributed by atoms with Gasteiger partial charge in [-0.1, -0.05) is 47.1 Å². The van der Waals surface area contributed by atoms with Crippen LogP contribution in [0, 0.1) is 0 Å². The highest BCUT2D eigenvalue weighted by molar-refractivity contribution is 7.89. The van der Waals surface area contributed by atoms with E-state index in [0.29, 0.717) is 31.8 Å². The minimum absolute atomic E-state index is 0. The minimum atomic E-state index is -3.70. The predicted octanol–water partition coefficient (Wildman–Crippen LogP) is 3.35. The summed E-state index contributed by atoms with van der Waals surface area (Å²) in [7, 11) is -3.70. The first-order valence-electron chi connectivity index (χ1n) is 11.4. The number of sulfonamides is 1. The molecule has 3 heterocycles. The van der Waals surface area contributed by atoms with Crippen LogP contribution in [0.3, 0.4) is 0 Å². The Kier molecular flexibility index (Phi) is 11.1. The zero-order valence-electron chi connectivity index (χ0n) is 20.1. The van der Waals surface area contributed by atoms with Crippen LogP contribution in [0.5, 0.6) is 5.88 Å². The van der Waals surface area contributed by atoms with Crippen molar-refractivity contribution in [3.8, 4) is 5.88 Å². The molecule has 2 N–H and O–H groups in total. The van der Waals surface area contributed by atoms with Gasteiger partial charge in [-0.05, 0) is 31.7 Å². The Labute approximate surface area is 195 Å². The second-order valence-corrected chi connectivity index (χ2v) is 9.44. The summed E-state index contributed by atoms with van der Waals surface area (Å²) >= 11 is 0. The predicted molar refractivity (Wildman–Crippen MR) is 129 cm³/mol. The Morgan fingerprint density at radius 1 is 1.19 bits per heavy atom. The zero-order valence-corrected chi connectivity index (χ0v) is 20.9. The average Bonchev–Trinajstić information content (AvgIpc) is 3.03. The number of imide groups is 1. The third kappa shape index (κ3) is 7.44. The number of amides is 3. The molecule has 2 saturated heterocycles. The molecule has 2 aliphatic heterocycles. The smallest absolute Gasteiger partial charge is 0.322 e. The van der Waals surface area contributed by atoms with Crippen molar-refractivity contribution in [2.75, 3.05) is 18.8 Å². The highest BCUT2D eigenvalue weighted by Gasteiger charge is 2.46. The molecule has 0 radical (unpaired) electrons. The zero-order chi connectivity index (χ0) is 24.4. The SMILES string of the molecule is CC.CC.CCCc1ccc(OC2CCN(S(=O)(=O)C[C@@]3(C)NC(=O)NC3=O)CC2)nc1.[HH].[HH]. The van der Waals surface area contributed by atoms with Crippen molar-refractivity contribution >= 4 is 22.0 Å². The van der Waals surface area contributed by atoms with E-state index in [-0.39, 0.29) is 8.96 Å². The minimum Gasteiger partial charge on any atom is -0.474 e. The second-order valence-electron chi connectivity index (χ2n) is 7.47. The maximum atomic E-state index is 12.7. The number of carbonyl (C=O) groups excluding carboxylic acids is 2. The van der Waals surface area contributed by atoms with Crippen LogP contribution >= 0.6 is 0 Å². The maximum absolute atomic E-state index is 12.7. The summed E-state index contributed by atoms with van der Waals surface area (Å²) in [6.45, 7) is 12.1. The van der Waals surface area contributed by atoms with Gasteiger partial charge in [0.25, 0.3) is 5.91 Å². The molecule has 0 aromatic carbocycles. The van der Waals surface area contributed by atoms with Crippen LogP contribution in [0.4, 0.5) is 4.79 Å². The first-order valence-corrected chi connectivity index (χ1v) is 13.1. The number of piperidine rings is 1. The number of urea groups is 1. The van der Waals surface area contributed by atoms with Crippen LogP contribution in [-0.4, -0.2) is 60.1 Å². The lowest BCUT2D eigenvalue weighted by Crippen LogP contribution is -2.53. The van der Waals surface area contributed by atoms with Crippen LogP contribution < -0.4 is 15.4 Å². The largest absolute Gasteiger partial charge is 0.474 e. The van der Waals surface area contributed by atoms with Gasteiger partial charge < -0.3 is 10.1 Å². The summed E-state index contributed by atoms with van der Waals surface area (Å²) in [6.07, 6.45) is 4.79. The summed E-state index contributed by atoms with van der Waals surface area (Å²) < 4.78 is 32.6. The van der Waals surface area contributed by atoms with Gasteiger partial charge in [-0.15, -0.1) is 0 Å². The molecule has 32 heavy (non-hydrogen) atoms. The molecular weight excluding hydrogens is 432 g/mol. The van der Waals surface area contributed by atoms with Crippen molar-refractivity contribution in [1.29, 1.82) is 0 Å². The molecule has 10 heteroatoms. The van der Waals surface area contributed by atoms with Gasteiger partial charge in [-0.25, -0.2) is 22.5 Å². The number of aromatic nitrogens is 1. The summed E-state index contributed by atoms with van der Waals surface area (Å²) in [5, 5.41) is 4.47. The molecule has 1 aromatic rings. The number of nitrogens with zero attached hydrogens (tertiary/aromatic N) is 2. The van der Waals surface area contributed by atoms with Crippen LogP contribution in [0.1, 0.15) is 69.2 Å². The van der Waals surface area contributed by atoms with Gasteiger partial charge in [-0.3, -0.25) is 10.1 Å². The number of pyridine rings is 1. The van der Waals surface area contributed by atoms with Crippen LogP contribution in [0.15, 0.2) is 18.3 Å². The van der Waals surface area contributed by atoms with E-state index in [2.05, 4.69) is 22.5 Å². The molecule has 0 spiro atoms. The summed E-state index contributed by atoms with van der Waals surface area (Å²) in [6, 6.07) is 3.16. The normalized spacial score (nSPS) is 21.4. The molecule has 1 aromatic heterocycles. The monoisotopic (exact) mass is 474 g/mol. The Bertz CT molecular complexity index is 847. The molecule has 0 saturated carbocycles. The van der Waals surface area contributed by atoms with E-state index in [4.69, 9.17) is 4.74 Å². The van der Waals surface area contributed by atoms with E-state index >= 15 is 0 Å². The Morgan fingerprint density at radius 3 is 2.28 bits per heavy atom. The highest BCUT2D eigenvalue weighted by Crippen LogP contribution is 2.22. The number of hydrogen-bond donors (Lipinski definition) is 2. The summed E-state index contributed by atoms with van der Waals surface area (Å²) in [5.74, 6) is -0.556. The molecule has 3 amide bonds. The topological polar surface area (TPSA) is 118 Å². The van der Waals surface area contributed by atoms with Gasteiger partial charge in [0.15, 0.2) is 0 Å². The molecule has 186 valence electrons. The first kappa shape index (κ1) is 27.8. The second kappa shape index (κ2) is 12.7. The maximum Gasteiger partial charge on any atom is 0.322 e. The Balaban J connectivity index is 0. The lowest BCUT2D eigenvalue weighted by atomic mass is 10.1. The van der Waals surface area contributed by atoms with Crippen molar-refractivity contribution in [3.63, 3.8) is 0 Å². The average molecular weight is 475 g/mol. The quantitative estimate of drug-likeness (QED) is 0.585. The fourth-order valence-corrected chi connectivity index (χ4v) is 5.34. The highest BCUT2D eigenvalue weighted by atomic mass is 32.2. The van der Waals surface area contributed by atoms with Gasteiger partial charge in [0.2, 0.25) is 15.9 Å². The van der Waals surface area contributed by atoms with E-state index in [9.17, 15) is 18.0 Å². The lowest BCUT2D eigenvalue weighted by Gasteiger charge is -2.33. The van der Waals surface area contributed by atoms with Crippen molar-refractivity contribution in [1.82, 2.24) is 19.9 Å². The molecular formula is C22H42N4O5S. The standard InChI is InChI=1S/C18H26N4O5S.2C2H6.2H2/c1-3-4-13-5-6-15(19-11-13)27-14-7-9-22(10-8-14)28(25,26)12-18(2)16(23)20-17(24)21-18;2*1-2;;/h5-6,11,14H,3-4,7-10,12H2,1-2H3,(H2,20,21,23,24);2*1-2H3;2*1H/t18-;;;;/m1..../s1. The van der Waals surface area contributed by atoms with E-state index < -0.39 is 33.3 Å². The van der Waals surface area contributed by atoms with Gasteiger partial charge in [0.05, 0.1) is 5.75 Å². The molecule has 0 aliphatic carbocycles. The molecule has 2 aliphatic rings. The van der Waals surface area contributed by atoms with Crippen LogP contribution in [0.25, 0.3) is 0 Å². The summed E-state index contributed by atoms with van der Waals surface area (Å²) in [4.78, 5) is 27.5. The number of nitrogens with one attached hydrogen (secondary N) is 2. The number of rotatable bonds is 7. The fraction of sp³-hybridized carbons (Fsp3) is 0.682. The van der Waals surface area contributed by atoms with E-state index in [1.54, 1.807) is 6.20 Å². The molecule has 3 rings (SSSR count). The number of carbonyl (C=O) groups is 2. The van der Waals surface area contributed by atoms with Gasteiger partial charge in [0.1, 0.15) is 11.6 Å². The third-order valence-corrected chi connectivity index (χ3v) is 7.10.